The van der Waals surface area contributed by atoms with E-state index in [2.05, 4.69) is 20.2 Å². The summed E-state index contributed by atoms with van der Waals surface area (Å²) in [5.74, 6) is 1.92. The number of furan rings is 1. The van der Waals surface area contributed by atoms with Crippen LogP contribution in [0, 0.1) is 6.92 Å². The number of thiazole rings is 1. The van der Waals surface area contributed by atoms with Crippen LogP contribution >= 0.6 is 11.3 Å². The second-order valence-electron chi connectivity index (χ2n) is 6.39. The molecule has 1 aliphatic heterocycles. The zero-order chi connectivity index (χ0) is 17.1. The van der Waals surface area contributed by atoms with Crippen molar-refractivity contribution in [3.8, 4) is 10.8 Å². The van der Waals surface area contributed by atoms with Gasteiger partial charge in [0.2, 0.25) is 5.91 Å². The van der Waals surface area contributed by atoms with Crippen molar-refractivity contribution < 1.29 is 9.21 Å². The van der Waals surface area contributed by atoms with Crippen LogP contribution in [-0.2, 0) is 11.3 Å². The lowest BCUT2D eigenvalue weighted by molar-refractivity contribution is -0.130. The topological polar surface area (TPSA) is 52.8 Å². The van der Waals surface area contributed by atoms with E-state index in [1.54, 1.807) is 30.3 Å². The average Bonchev–Trinajstić information content (AvgIpc) is 3.18. The zero-order valence-corrected chi connectivity index (χ0v) is 15.3. The van der Waals surface area contributed by atoms with Crippen molar-refractivity contribution in [2.75, 3.05) is 46.8 Å². The first kappa shape index (κ1) is 17.1. The van der Waals surface area contributed by atoms with Gasteiger partial charge in [-0.3, -0.25) is 14.6 Å². The summed E-state index contributed by atoms with van der Waals surface area (Å²) in [7, 11) is 3.61. The van der Waals surface area contributed by atoms with Gasteiger partial charge in [-0.1, -0.05) is 0 Å². The first-order valence-corrected chi connectivity index (χ1v) is 9.05. The average molecular weight is 348 g/mol. The third-order valence-electron chi connectivity index (χ3n) is 4.21. The lowest BCUT2D eigenvalue weighted by Crippen LogP contribution is -2.48. The summed E-state index contributed by atoms with van der Waals surface area (Å²) < 4.78 is 5.63. The van der Waals surface area contributed by atoms with Gasteiger partial charge in [-0.25, -0.2) is 4.98 Å². The van der Waals surface area contributed by atoms with E-state index in [9.17, 15) is 4.79 Å². The summed E-state index contributed by atoms with van der Waals surface area (Å²) in [6, 6.07) is 3.93. The molecule has 0 spiro atoms. The van der Waals surface area contributed by atoms with Gasteiger partial charge in [-0.2, -0.15) is 0 Å². The molecule has 0 radical (unpaired) electrons. The minimum Gasteiger partial charge on any atom is -0.459 e. The third-order valence-corrected chi connectivity index (χ3v) is 5.12. The van der Waals surface area contributed by atoms with Crippen LogP contribution in [0.3, 0.4) is 0 Å². The normalized spacial score (nSPS) is 16.5. The number of aromatic nitrogens is 1. The molecule has 7 heteroatoms. The van der Waals surface area contributed by atoms with Gasteiger partial charge in [-0.05, 0) is 19.1 Å². The predicted octanol–water partition coefficient (Wildman–Crippen LogP) is 1.92. The number of carbonyl (C=O) groups excluding carboxylic acids is 1. The standard InChI is InChI=1S/C17H24N4O2S/c1-13-4-5-15(23-13)17-18-14(12-24-17)10-20-6-8-21(9-7-20)11-16(22)19(2)3/h4-5,12H,6-11H2,1-3H3. The first-order valence-electron chi connectivity index (χ1n) is 8.17. The Morgan fingerprint density at radius 2 is 1.96 bits per heavy atom. The second kappa shape index (κ2) is 7.46. The second-order valence-corrected chi connectivity index (χ2v) is 7.25. The van der Waals surface area contributed by atoms with Crippen LogP contribution in [0.15, 0.2) is 21.9 Å². The number of likely N-dealkylation sites (N-methyl/N-ethyl adjacent to an activating group) is 1. The smallest absolute Gasteiger partial charge is 0.236 e. The number of amides is 1. The number of hydrogen-bond donors (Lipinski definition) is 0. The highest BCUT2D eigenvalue weighted by Crippen LogP contribution is 2.26. The predicted molar refractivity (Wildman–Crippen MR) is 95.0 cm³/mol. The van der Waals surface area contributed by atoms with E-state index >= 15 is 0 Å². The molecule has 1 aliphatic rings. The maximum atomic E-state index is 11.8. The van der Waals surface area contributed by atoms with E-state index in [1.165, 1.54) is 0 Å². The van der Waals surface area contributed by atoms with E-state index in [-0.39, 0.29) is 5.91 Å². The van der Waals surface area contributed by atoms with Crippen molar-refractivity contribution in [1.29, 1.82) is 0 Å². The van der Waals surface area contributed by atoms with E-state index in [0.29, 0.717) is 6.54 Å². The summed E-state index contributed by atoms with van der Waals surface area (Å²) >= 11 is 1.62. The SMILES string of the molecule is Cc1ccc(-c2nc(CN3CCN(CC(=O)N(C)C)CC3)cs2)o1. The Hall–Kier alpha value is -1.70. The van der Waals surface area contributed by atoms with Crippen molar-refractivity contribution in [2.24, 2.45) is 0 Å². The summed E-state index contributed by atoms with van der Waals surface area (Å²) in [6.45, 7) is 7.09. The van der Waals surface area contributed by atoms with Gasteiger partial charge < -0.3 is 9.32 Å². The van der Waals surface area contributed by atoms with Gasteiger partial charge in [0.1, 0.15) is 5.76 Å². The molecule has 0 aliphatic carbocycles. The lowest BCUT2D eigenvalue weighted by atomic mass is 10.3. The molecule has 1 fully saturated rings. The number of nitrogens with zero attached hydrogens (tertiary/aromatic N) is 4. The molecule has 0 saturated carbocycles. The third kappa shape index (κ3) is 4.23. The maximum absolute atomic E-state index is 11.8. The Morgan fingerprint density at radius 3 is 2.58 bits per heavy atom. The highest BCUT2D eigenvalue weighted by atomic mass is 32.1. The van der Waals surface area contributed by atoms with Crippen molar-refractivity contribution in [3.63, 3.8) is 0 Å². The molecule has 24 heavy (non-hydrogen) atoms. The highest BCUT2D eigenvalue weighted by Gasteiger charge is 2.20. The molecule has 2 aromatic rings. The van der Waals surface area contributed by atoms with Crippen molar-refractivity contribution in [1.82, 2.24) is 19.7 Å². The molecule has 1 amide bonds. The molecule has 0 N–H and O–H groups in total. The van der Waals surface area contributed by atoms with Gasteiger partial charge in [-0.15, -0.1) is 11.3 Å². The number of aryl methyl sites for hydroxylation is 1. The molecule has 6 nitrogen and oxygen atoms in total. The van der Waals surface area contributed by atoms with Gasteiger partial charge >= 0.3 is 0 Å². The molecule has 0 atom stereocenters. The first-order chi connectivity index (χ1) is 11.5. The van der Waals surface area contributed by atoms with Crippen LogP contribution < -0.4 is 0 Å². The van der Waals surface area contributed by atoms with Crippen molar-refractivity contribution in [3.05, 3.63) is 29.0 Å². The molecular formula is C17H24N4O2S. The Bertz CT molecular complexity index is 686. The molecule has 130 valence electrons. The zero-order valence-electron chi connectivity index (χ0n) is 14.5. The van der Waals surface area contributed by atoms with Gasteiger partial charge in [0.25, 0.3) is 0 Å². The quantitative estimate of drug-likeness (QED) is 0.826. The number of hydrogen-bond acceptors (Lipinski definition) is 6. The Balaban J connectivity index is 1.50. The fraction of sp³-hybridized carbons (Fsp3) is 0.529. The number of carbonyl (C=O) groups is 1. The van der Waals surface area contributed by atoms with E-state index in [1.807, 2.05) is 19.1 Å². The summed E-state index contributed by atoms with van der Waals surface area (Å²) in [5.41, 5.74) is 1.09. The maximum Gasteiger partial charge on any atom is 0.236 e. The largest absolute Gasteiger partial charge is 0.459 e. The molecule has 0 aromatic carbocycles. The molecule has 1 saturated heterocycles. The lowest BCUT2D eigenvalue weighted by Gasteiger charge is -2.34. The molecule has 0 bridgehead atoms. The van der Waals surface area contributed by atoms with Crippen LogP contribution in [0.2, 0.25) is 0 Å². The molecule has 3 heterocycles. The van der Waals surface area contributed by atoms with E-state index in [4.69, 9.17) is 4.42 Å². The summed E-state index contributed by atoms with van der Waals surface area (Å²) in [4.78, 5) is 22.7. The van der Waals surface area contributed by atoms with E-state index < -0.39 is 0 Å². The Kier molecular flexibility index (Phi) is 5.33. The van der Waals surface area contributed by atoms with Crippen molar-refractivity contribution in [2.45, 2.75) is 13.5 Å². The van der Waals surface area contributed by atoms with Gasteiger partial charge in [0.05, 0.1) is 12.2 Å². The van der Waals surface area contributed by atoms with E-state index in [0.717, 1.165) is 54.9 Å². The van der Waals surface area contributed by atoms with Crippen LogP contribution in [0.1, 0.15) is 11.5 Å². The Morgan fingerprint density at radius 1 is 1.25 bits per heavy atom. The molecule has 0 unspecified atom stereocenters. The van der Waals surface area contributed by atoms with Crippen LogP contribution in [-0.4, -0.2) is 72.4 Å². The minimum atomic E-state index is 0.168. The summed E-state index contributed by atoms with van der Waals surface area (Å²) in [5, 5.41) is 3.04. The van der Waals surface area contributed by atoms with Crippen molar-refractivity contribution >= 4 is 17.2 Å². The van der Waals surface area contributed by atoms with Crippen LogP contribution in [0.5, 0.6) is 0 Å². The number of piperazine rings is 1. The summed E-state index contributed by atoms with van der Waals surface area (Å²) in [6.07, 6.45) is 0. The van der Waals surface area contributed by atoms with Crippen LogP contribution in [0.4, 0.5) is 0 Å². The monoisotopic (exact) mass is 348 g/mol. The van der Waals surface area contributed by atoms with Gasteiger partial charge in [0.15, 0.2) is 10.8 Å². The molecule has 3 rings (SSSR count). The number of rotatable bonds is 5. The minimum absolute atomic E-state index is 0.168. The molecule has 2 aromatic heterocycles. The fourth-order valence-electron chi connectivity index (χ4n) is 2.71. The fourth-order valence-corrected chi connectivity index (χ4v) is 3.48. The van der Waals surface area contributed by atoms with Gasteiger partial charge in [0, 0.05) is 52.2 Å². The highest BCUT2D eigenvalue weighted by molar-refractivity contribution is 7.13. The molecular weight excluding hydrogens is 324 g/mol. The Labute approximate surface area is 146 Å². The van der Waals surface area contributed by atoms with Crippen LogP contribution in [0.25, 0.3) is 10.8 Å².